The molecule has 1 amide bonds. The van der Waals surface area contributed by atoms with Gasteiger partial charge in [-0.15, -0.1) is 11.3 Å². The first-order chi connectivity index (χ1) is 14.4. The molecule has 4 rings (SSSR count). The highest BCUT2D eigenvalue weighted by atomic mass is 32.2. The summed E-state index contributed by atoms with van der Waals surface area (Å²) < 4.78 is 43.1. The van der Waals surface area contributed by atoms with E-state index in [0.717, 1.165) is 15.6 Å². The zero-order chi connectivity index (χ0) is 21.3. The molecule has 30 heavy (non-hydrogen) atoms. The fourth-order valence-corrected chi connectivity index (χ4v) is 5.40. The maximum absolute atomic E-state index is 13.2. The number of hydrogen-bond donors (Lipinski definition) is 1. The molecular formula is C20H18N2O6S2. The van der Waals surface area contributed by atoms with E-state index in [9.17, 15) is 13.2 Å². The zero-order valence-corrected chi connectivity index (χ0v) is 17.7. The number of anilines is 2. The monoisotopic (exact) mass is 446 g/mol. The van der Waals surface area contributed by atoms with Gasteiger partial charge in [-0.05, 0) is 47.8 Å². The molecule has 1 aromatic heterocycles. The van der Waals surface area contributed by atoms with E-state index in [2.05, 4.69) is 5.32 Å². The molecular weight excluding hydrogens is 428 g/mol. The molecule has 1 N–H and O–H groups in total. The highest BCUT2D eigenvalue weighted by Crippen LogP contribution is 2.35. The van der Waals surface area contributed by atoms with Crippen LogP contribution in [0, 0.1) is 0 Å². The maximum Gasteiger partial charge on any atom is 0.267 e. The molecule has 0 unspecified atom stereocenters. The van der Waals surface area contributed by atoms with E-state index in [0.29, 0.717) is 28.6 Å². The van der Waals surface area contributed by atoms with Crippen LogP contribution in [-0.4, -0.2) is 35.3 Å². The minimum absolute atomic E-state index is 0.0657. The normalized spacial score (nSPS) is 12.5. The fraction of sp³-hybridized carbons (Fsp3) is 0.150. The van der Waals surface area contributed by atoms with E-state index in [-0.39, 0.29) is 16.6 Å². The Hall–Kier alpha value is -3.24. The van der Waals surface area contributed by atoms with E-state index >= 15 is 0 Å². The minimum Gasteiger partial charge on any atom is -0.497 e. The average molecular weight is 447 g/mol. The van der Waals surface area contributed by atoms with E-state index in [4.69, 9.17) is 14.2 Å². The summed E-state index contributed by atoms with van der Waals surface area (Å²) in [5.41, 5.74) is 0.925. The lowest BCUT2D eigenvalue weighted by Gasteiger charge is -2.20. The number of ether oxygens (including phenoxy) is 3. The molecule has 2 heterocycles. The van der Waals surface area contributed by atoms with E-state index in [1.165, 1.54) is 20.2 Å². The van der Waals surface area contributed by atoms with Crippen molar-refractivity contribution in [2.75, 3.05) is 30.6 Å². The van der Waals surface area contributed by atoms with Gasteiger partial charge in [0.15, 0.2) is 11.5 Å². The molecule has 0 radical (unpaired) electrons. The molecule has 0 atom stereocenters. The largest absolute Gasteiger partial charge is 0.497 e. The quantitative estimate of drug-likeness (QED) is 0.622. The number of sulfonamides is 1. The number of nitrogens with one attached hydrogen (secondary N) is 1. The standard InChI is InChI=1S/C20H18N2O6S2/c1-22(14-4-6-15(26-2)7-5-14)30(24,25)18-9-10-29-19(18)20(23)21-13-3-8-16-17(11-13)28-12-27-16/h3-11H,12H2,1-2H3,(H,21,23). The number of benzene rings is 2. The van der Waals surface area contributed by atoms with Crippen molar-refractivity contribution < 1.29 is 27.4 Å². The third kappa shape index (κ3) is 3.66. The van der Waals surface area contributed by atoms with Crippen LogP contribution >= 0.6 is 11.3 Å². The van der Waals surface area contributed by atoms with Crippen molar-refractivity contribution in [2.24, 2.45) is 0 Å². The molecule has 0 fully saturated rings. The van der Waals surface area contributed by atoms with Gasteiger partial charge in [-0.3, -0.25) is 9.10 Å². The predicted molar refractivity (Wildman–Crippen MR) is 113 cm³/mol. The number of hydrogen-bond acceptors (Lipinski definition) is 7. The van der Waals surface area contributed by atoms with Crippen molar-refractivity contribution >= 4 is 38.6 Å². The van der Waals surface area contributed by atoms with Crippen molar-refractivity contribution in [2.45, 2.75) is 4.90 Å². The number of fused-ring (bicyclic) bond motifs is 1. The number of carbonyl (C=O) groups excluding carboxylic acids is 1. The SMILES string of the molecule is COc1ccc(N(C)S(=O)(=O)c2ccsc2C(=O)Nc2ccc3c(c2)OCO3)cc1. The Bertz CT molecular complexity index is 1190. The highest BCUT2D eigenvalue weighted by molar-refractivity contribution is 7.93. The first kappa shape index (κ1) is 20.0. The van der Waals surface area contributed by atoms with Gasteiger partial charge in [-0.25, -0.2) is 8.42 Å². The summed E-state index contributed by atoms with van der Waals surface area (Å²) in [4.78, 5) is 12.8. The van der Waals surface area contributed by atoms with Crippen LogP contribution in [0.5, 0.6) is 17.2 Å². The lowest BCUT2D eigenvalue weighted by atomic mass is 10.2. The Morgan fingerprint density at radius 2 is 1.83 bits per heavy atom. The van der Waals surface area contributed by atoms with Gasteiger partial charge in [-0.2, -0.15) is 0 Å². The number of nitrogens with zero attached hydrogens (tertiary/aromatic N) is 1. The van der Waals surface area contributed by atoms with E-state index < -0.39 is 15.9 Å². The summed E-state index contributed by atoms with van der Waals surface area (Å²) in [5.74, 6) is 1.20. The van der Waals surface area contributed by atoms with Gasteiger partial charge in [0.1, 0.15) is 15.5 Å². The van der Waals surface area contributed by atoms with Crippen molar-refractivity contribution in [3.8, 4) is 17.2 Å². The van der Waals surface area contributed by atoms with Gasteiger partial charge >= 0.3 is 0 Å². The van der Waals surface area contributed by atoms with E-state index in [1.807, 2.05) is 0 Å². The number of amides is 1. The molecule has 0 aliphatic carbocycles. The number of methoxy groups -OCH3 is 1. The topological polar surface area (TPSA) is 94.2 Å². The summed E-state index contributed by atoms with van der Waals surface area (Å²) >= 11 is 1.05. The molecule has 2 aromatic carbocycles. The molecule has 156 valence electrons. The first-order valence-corrected chi connectivity index (χ1v) is 11.1. The summed E-state index contributed by atoms with van der Waals surface area (Å²) in [6.45, 7) is 0.123. The van der Waals surface area contributed by atoms with Crippen LogP contribution in [-0.2, 0) is 10.0 Å². The van der Waals surface area contributed by atoms with Gasteiger partial charge < -0.3 is 19.5 Å². The van der Waals surface area contributed by atoms with Gasteiger partial charge in [0, 0.05) is 18.8 Å². The van der Waals surface area contributed by atoms with Crippen LogP contribution in [0.25, 0.3) is 0 Å². The molecule has 1 aliphatic heterocycles. The van der Waals surface area contributed by atoms with Crippen LogP contribution in [0.15, 0.2) is 58.8 Å². The van der Waals surface area contributed by atoms with Gasteiger partial charge in [-0.1, -0.05) is 0 Å². The number of carbonyl (C=O) groups is 1. The Labute approximate surface area is 177 Å². The van der Waals surface area contributed by atoms with Crippen LogP contribution in [0.2, 0.25) is 0 Å². The smallest absolute Gasteiger partial charge is 0.267 e. The third-order valence-corrected chi connectivity index (χ3v) is 7.41. The Kier molecular flexibility index (Phi) is 5.27. The van der Waals surface area contributed by atoms with Crippen molar-refractivity contribution in [3.63, 3.8) is 0 Å². The zero-order valence-electron chi connectivity index (χ0n) is 16.1. The Balaban J connectivity index is 1.58. The first-order valence-electron chi connectivity index (χ1n) is 8.81. The Morgan fingerprint density at radius 3 is 2.57 bits per heavy atom. The van der Waals surface area contributed by atoms with Gasteiger partial charge in [0.05, 0.1) is 12.8 Å². The second-order valence-electron chi connectivity index (χ2n) is 6.31. The Morgan fingerprint density at radius 1 is 1.10 bits per heavy atom. The summed E-state index contributed by atoms with van der Waals surface area (Å²) in [6, 6.07) is 13.0. The van der Waals surface area contributed by atoms with Crippen LogP contribution in [0.1, 0.15) is 9.67 Å². The maximum atomic E-state index is 13.2. The minimum atomic E-state index is -3.95. The van der Waals surface area contributed by atoms with Crippen LogP contribution < -0.4 is 23.8 Å². The highest BCUT2D eigenvalue weighted by Gasteiger charge is 2.28. The average Bonchev–Trinajstić information content (AvgIpc) is 3.42. The molecule has 8 nitrogen and oxygen atoms in total. The summed E-state index contributed by atoms with van der Waals surface area (Å²) in [6.07, 6.45) is 0. The lowest BCUT2D eigenvalue weighted by molar-refractivity contribution is 0.102. The summed E-state index contributed by atoms with van der Waals surface area (Å²) in [5, 5.41) is 4.29. The second kappa shape index (κ2) is 7.88. The third-order valence-electron chi connectivity index (χ3n) is 4.54. The van der Waals surface area contributed by atoms with Crippen LogP contribution in [0.4, 0.5) is 11.4 Å². The van der Waals surface area contributed by atoms with Crippen LogP contribution in [0.3, 0.4) is 0 Å². The fourth-order valence-electron chi connectivity index (χ4n) is 2.91. The molecule has 10 heteroatoms. The van der Waals surface area contributed by atoms with E-state index in [1.54, 1.807) is 47.8 Å². The molecule has 0 saturated heterocycles. The second-order valence-corrected chi connectivity index (χ2v) is 9.16. The molecule has 1 aliphatic rings. The van der Waals surface area contributed by atoms with Crippen molar-refractivity contribution in [1.29, 1.82) is 0 Å². The van der Waals surface area contributed by atoms with Crippen molar-refractivity contribution in [3.05, 3.63) is 58.8 Å². The molecule has 0 spiro atoms. The molecule has 3 aromatic rings. The van der Waals surface area contributed by atoms with Crippen molar-refractivity contribution in [1.82, 2.24) is 0 Å². The number of thiophene rings is 1. The molecule has 0 bridgehead atoms. The number of rotatable bonds is 6. The van der Waals surface area contributed by atoms with Gasteiger partial charge in [0.25, 0.3) is 15.9 Å². The summed E-state index contributed by atoms with van der Waals surface area (Å²) in [7, 11) is -0.976. The lowest BCUT2D eigenvalue weighted by Crippen LogP contribution is -2.28. The molecule has 0 saturated carbocycles. The van der Waals surface area contributed by atoms with Gasteiger partial charge in [0.2, 0.25) is 6.79 Å². The predicted octanol–water partition coefficient (Wildman–Crippen LogP) is 3.56.